The maximum Gasteiger partial charge on any atom is 0.338 e. The molecule has 0 bridgehead atoms. The van der Waals surface area contributed by atoms with Gasteiger partial charge in [-0.05, 0) is 0 Å². The molecule has 0 unspecified atom stereocenters. The zero-order valence-corrected chi connectivity index (χ0v) is 7.23. The number of carbonyl (C=O) groups is 3. The number of nitrogens with one attached hydrogen (secondary N) is 1. The molecule has 0 atom stereocenters. The summed E-state index contributed by atoms with van der Waals surface area (Å²) in [7, 11) is 0. The smallest absolute Gasteiger partial charge is 0.329 e. The average Bonchev–Trinajstić information content (AvgIpc) is 2.32. The highest BCUT2D eigenvalue weighted by Crippen LogP contribution is 2.10. The Labute approximate surface area is 79.5 Å². The van der Waals surface area contributed by atoms with Crippen LogP contribution in [0.25, 0.3) is 0 Å². The van der Waals surface area contributed by atoms with E-state index in [0.717, 1.165) is 12.2 Å². The van der Waals surface area contributed by atoms with Crippen LogP contribution in [-0.4, -0.2) is 35.9 Å². The molecular weight excluding hydrogens is 188 g/mol. The lowest BCUT2D eigenvalue weighted by molar-refractivity contribution is -0.200. The van der Waals surface area contributed by atoms with Gasteiger partial charge in [-0.25, -0.2) is 4.79 Å². The summed E-state index contributed by atoms with van der Waals surface area (Å²) in [6.45, 7) is 1.06. The summed E-state index contributed by atoms with van der Waals surface area (Å²) in [6.07, 6.45) is 2.13. The molecule has 2 rings (SSSR count). The normalized spacial score (nSPS) is 21.3. The van der Waals surface area contributed by atoms with Crippen LogP contribution in [0.4, 0.5) is 0 Å². The summed E-state index contributed by atoms with van der Waals surface area (Å²) in [5.74, 6) is -2.03. The Bertz CT molecular complexity index is 314. The van der Waals surface area contributed by atoms with E-state index in [9.17, 15) is 14.4 Å². The van der Waals surface area contributed by atoms with Crippen molar-refractivity contribution in [2.45, 2.75) is 0 Å². The quantitative estimate of drug-likeness (QED) is 0.549. The SMILES string of the molecule is O=C(ON1C(=O)C=CC1=O)C1CNC1. The standard InChI is InChI=1S/C8H8N2O4/c11-6-1-2-7(12)10(6)14-8(13)5-3-9-4-5/h1-2,5,9H,3-4H2. The zero-order valence-electron chi connectivity index (χ0n) is 7.23. The van der Waals surface area contributed by atoms with Crippen LogP contribution < -0.4 is 5.32 Å². The molecule has 1 fully saturated rings. The lowest BCUT2D eigenvalue weighted by atomic mass is 10.1. The zero-order chi connectivity index (χ0) is 10.1. The molecule has 2 aliphatic heterocycles. The third-order valence-corrected chi connectivity index (χ3v) is 2.06. The summed E-state index contributed by atoms with van der Waals surface area (Å²) in [6, 6.07) is 0. The minimum atomic E-state index is -0.615. The van der Waals surface area contributed by atoms with Crippen LogP contribution in [0.5, 0.6) is 0 Å². The summed E-state index contributed by atoms with van der Waals surface area (Å²) in [5.41, 5.74) is 0. The van der Waals surface area contributed by atoms with Crippen molar-refractivity contribution in [3.05, 3.63) is 12.2 Å². The van der Waals surface area contributed by atoms with Crippen LogP contribution in [0.3, 0.4) is 0 Å². The van der Waals surface area contributed by atoms with Gasteiger partial charge in [-0.15, -0.1) is 0 Å². The minimum absolute atomic E-state index is 0.254. The van der Waals surface area contributed by atoms with Gasteiger partial charge in [0.05, 0.1) is 5.92 Å². The lowest BCUT2D eigenvalue weighted by Gasteiger charge is -2.25. The Morgan fingerprint density at radius 1 is 1.36 bits per heavy atom. The number of carbonyl (C=O) groups excluding carboxylic acids is 3. The van der Waals surface area contributed by atoms with E-state index >= 15 is 0 Å². The molecule has 0 spiro atoms. The second kappa shape index (κ2) is 3.22. The van der Waals surface area contributed by atoms with Crippen molar-refractivity contribution >= 4 is 17.8 Å². The number of hydrogen-bond acceptors (Lipinski definition) is 5. The minimum Gasteiger partial charge on any atom is -0.329 e. The molecule has 2 amide bonds. The first-order valence-corrected chi connectivity index (χ1v) is 4.17. The topological polar surface area (TPSA) is 75.7 Å². The number of imide groups is 1. The molecule has 0 saturated carbocycles. The molecule has 0 aromatic carbocycles. The van der Waals surface area contributed by atoms with Crippen molar-refractivity contribution in [3.8, 4) is 0 Å². The third kappa shape index (κ3) is 1.39. The summed E-state index contributed by atoms with van der Waals surface area (Å²) >= 11 is 0. The summed E-state index contributed by atoms with van der Waals surface area (Å²) in [4.78, 5) is 37.8. The van der Waals surface area contributed by atoms with Gasteiger partial charge in [0.15, 0.2) is 0 Å². The third-order valence-electron chi connectivity index (χ3n) is 2.06. The number of rotatable bonds is 2. The predicted octanol–water partition coefficient (Wildman–Crippen LogP) is -1.41. The van der Waals surface area contributed by atoms with Crippen molar-refractivity contribution in [1.82, 2.24) is 10.4 Å². The van der Waals surface area contributed by atoms with Crippen LogP contribution in [0.1, 0.15) is 0 Å². The van der Waals surface area contributed by atoms with Gasteiger partial charge >= 0.3 is 5.97 Å². The van der Waals surface area contributed by atoms with Crippen molar-refractivity contribution in [2.75, 3.05) is 13.1 Å². The largest absolute Gasteiger partial charge is 0.338 e. The lowest BCUT2D eigenvalue weighted by Crippen LogP contribution is -2.49. The van der Waals surface area contributed by atoms with E-state index in [1.807, 2.05) is 0 Å². The highest BCUT2D eigenvalue weighted by atomic mass is 16.7. The van der Waals surface area contributed by atoms with Crippen LogP contribution in [0.15, 0.2) is 12.2 Å². The highest BCUT2D eigenvalue weighted by molar-refractivity contribution is 6.12. The molecule has 1 N–H and O–H groups in total. The Hall–Kier alpha value is -1.69. The van der Waals surface area contributed by atoms with Gasteiger partial charge in [0, 0.05) is 25.2 Å². The molecule has 2 aliphatic rings. The Morgan fingerprint density at radius 2 is 1.93 bits per heavy atom. The Balaban J connectivity index is 1.93. The molecule has 0 aromatic rings. The van der Waals surface area contributed by atoms with Crippen LogP contribution >= 0.6 is 0 Å². The fraction of sp³-hybridized carbons (Fsp3) is 0.375. The molecule has 74 valence electrons. The second-order valence-electron chi connectivity index (χ2n) is 3.07. The monoisotopic (exact) mass is 196 g/mol. The van der Waals surface area contributed by atoms with E-state index in [-0.39, 0.29) is 5.92 Å². The van der Waals surface area contributed by atoms with Gasteiger partial charge in [0.2, 0.25) is 0 Å². The fourth-order valence-electron chi connectivity index (χ4n) is 1.10. The molecule has 6 heteroatoms. The number of amides is 2. The van der Waals surface area contributed by atoms with E-state index in [1.54, 1.807) is 0 Å². The van der Waals surface area contributed by atoms with Gasteiger partial charge in [-0.3, -0.25) is 9.59 Å². The van der Waals surface area contributed by atoms with Crippen LogP contribution in [-0.2, 0) is 19.2 Å². The van der Waals surface area contributed by atoms with E-state index < -0.39 is 17.8 Å². The molecule has 0 aromatic heterocycles. The van der Waals surface area contributed by atoms with E-state index in [2.05, 4.69) is 10.2 Å². The van der Waals surface area contributed by atoms with Gasteiger partial charge in [0.1, 0.15) is 0 Å². The second-order valence-corrected chi connectivity index (χ2v) is 3.07. The van der Waals surface area contributed by atoms with Crippen LogP contribution in [0.2, 0.25) is 0 Å². The van der Waals surface area contributed by atoms with Gasteiger partial charge in [0.25, 0.3) is 11.8 Å². The van der Waals surface area contributed by atoms with Crippen LogP contribution in [0, 0.1) is 5.92 Å². The predicted molar refractivity (Wildman–Crippen MR) is 43.4 cm³/mol. The van der Waals surface area contributed by atoms with Crippen molar-refractivity contribution < 1.29 is 19.2 Å². The first-order valence-electron chi connectivity index (χ1n) is 4.17. The fourth-order valence-corrected chi connectivity index (χ4v) is 1.10. The Kier molecular flexibility index (Phi) is 2.05. The van der Waals surface area contributed by atoms with Gasteiger partial charge in [-0.2, -0.15) is 0 Å². The van der Waals surface area contributed by atoms with Crippen molar-refractivity contribution in [2.24, 2.45) is 5.92 Å². The summed E-state index contributed by atoms with van der Waals surface area (Å²) in [5, 5.41) is 3.36. The van der Waals surface area contributed by atoms with Crippen molar-refractivity contribution in [1.29, 1.82) is 0 Å². The van der Waals surface area contributed by atoms with Gasteiger partial charge in [-0.1, -0.05) is 5.06 Å². The molecule has 14 heavy (non-hydrogen) atoms. The first-order chi connectivity index (χ1) is 6.68. The van der Waals surface area contributed by atoms with Gasteiger partial charge < -0.3 is 10.2 Å². The molecule has 2 heterocycles. The molecule has 0 aliphatic carbocycles. The van der Waals surface area contributed by atoms with E-state index in [4.69, 9.17) is 0 Å². The average molecular weight is 196 g/mol. The van der Waals surface area contributed by atoms with E-state index in [1.165, 1.54) is 0 Å². The Morgan fingerprint density at radius 3 is 2.36 bits per heavy atom. The molecule has 1 saturated heterocycles. The maximum atomic E-state index is 11.2. The number of nitrogens with zero attached hydrogens (tertiary/aromatic N) is 1. The summed E-state index contributed by atoms with van der Waals surface area (Å²) < 4.78 is 0. The van der Waals surface area contributed by atoms with Crippen molar-refractivity contribution in [3.63, 3.8) is 0 Å². The number of hydroxylamine groups is 2. The molecular formula is C8H8N2O4. The first kappa shape index (κ1) is 8.89. The van der Waals surface area contributed by atoms with E-state index in [0.29, 0.717) is 18.2 Å². The highest BCUT2D eigenvalue weighted by Gasteiger charge is 2.33. The number of hydrogen-bond donors (Lipinski definition) is 1. The molecule has 6 nitrogen and oxygen atoms in total. The molecule has 0 radical (unpaired) electrons. The maximum absolute atomic E-state index is 11.2.